The van der Waals surface area contributed by atoms with E-state index in [0.29, 0.717) is 17.9 Å². The number of nitrogens with two attached hydrogens (primary N) is 1. The summed E-state index contributed by atoms with van der Waals surface area (Å²) in [5.41, 5.74) is 7.07. The number of methoxy groups -OCH3 is 1. The van der Waals surface area contributed by atoms with Crippen LogP contribution in [0.25, 0.3) is 0 Å². The molecule has 0 radical (unpaired) electrons. The van der Waals surface area contributed by atoms with Crippen LogP contribution < -0.4 is 15.2 Å². The number of unbranched alkanes of at least 4 members (excludes halogenated alkanes) is 1. The Morgan fingerprint density at radius 2 is 2.11 bits per heavy atom. The van der Waals surface area contributed by atoms with Crippen LogP contribution in [0.5, 0.6) is 5.75 Å². The van der Waals surface area contributed by atoms with Crippen LogP contribution in [-0.4, -0.2) is 21.3 Å². The van der Waals surface area contributed by atoms with Crippen LogP contribution in [-0.2, 0) is 16.6 Å². The van der Waals surface area contributed by atoms with Crippen molar-refractivity contribution in [1.29, 1.82) is 0 Å². The zero-order chi connectivity index (χ0) is 13.6. The Morgan fingerprint density at radius 1 is 1.39 bits per heavy atom. The van der Waals surface area contributed by atoms with Gasteiger partial charge in [0.1, 0.15) is 5.75 Å². The van der Waals surface area contributed by atoms with Gasteiger partial charge in [-0.15, -0.1) is 0 Å². The van der Waals surface area contributed by atoms with Crippen LogP contribution in [0.2, 0.25) is 0 Å². The Hall–Kier alpha value is -1.27. The first-order chi connectivity index (χ1) is 8.48. The van der Waals surface area contributed by atoms with Gasteiger partial charge in [-0.25, -0.2) is 13.1 Å². The van der Waals surface area contributed by atoms with Crippen molar-refractivity contribution in [2.24, 2.45) is 0 Å². The number of hydrogen-bond donors (Lipinski definition) is 2. The number of benzene rings is 1. The molecule has 0 aliphatic rings. The second-order valence-electron chi connectivity index (χ2n) is 4.07. The van der Waals surface area contributed by atoms with Gasteiger partial charge in [0.2, 0.25) is 10.0 Å². The Balaban J connectivity index is 2.61. The molecule has 1 rings (SSSR count). The Labute approximate surface area is 108 Å². The van der Waals surface area contributed by atoms with Gasteiger partial charge in [0, 0.05) is 6.54 Å². The summed E-state index contributed by atoms with van der Waals surface area (Å²) in [6, 6.07) is 5.23. The largest absolute Gasteiger partial charge is 0.495 e. The van der Waals surface area contributed by atoms with E-state index in [1.54, 1.807) is 25.3 Å². The molecular formula is C12H20N2O3S. The van der Waals surface area contributed by atoms with E-state index < -0.39 is 10.0 Å². The van der Waals surface area contributed by atoms with Crippen molar-refractivity contribution in [3.8, 4) is 5.75 Å². The monoisotopic (exact) mass is 272 g/mol. The van der Waals surface area contributed by atoms with E-state index in [1.807, 2.05) is 6.92 Å². The third kappa shape index (κ3) is 4.54. The maximum atomic E-state index is 11.6. The summed E-state index contributed by atoms with van der Waals surface area (Å²) in [5, 5.41) is 0. The normalized spacial score (nSPS) is 11.4. The van der Waals surface area contributed by atoms with Crippen molar-refractivity contribution in [2.75, 3.05) is 18.6 Å². The molecule has 0 saturated carbocycles. The van der Waals surface area contributed by atoms with E-state index >= 15 is 0 Å². The van der Waals surface area contributed by atoms with Gasteiger partial charge in [0.05, 0.1) is 18.6 Å². The first-order valence-electron chi connectivity index (χ1n) is 5.88. The van der Waals surface area contributed by atoms with Gasteiger partial charge in [0.25, 0.3) is 0 Å². The quantitative estimate of drug-likeness (QED) is 0.737. The Morgan fingerprint density at radius 3 is 2.67 bits per heavy atom. The lowest BCUT2D eigenvalue weighted by molar-refractivity contribution is 0.417. The number of ether oxygens (including phenoxy) is 1. The van der Waals surface area contributed by atoms with Crippen LogP contribution >= 0.6 is 0 Å². The predicted molar refractivity (Wildman–Crippen MR) is 72.9 cm³/mol. The van der Waals surface area contributed by atoms with Gasteiger partial charge < -0.3 is 10.5 Å². The summed E-state index contributed by atoms with van der Waals surface area (Å²) in [6.45, 7) is 2.21. The van der Waals surface area contributed by atoms with Crippen LogP contribution in [0.1, 0.15) is 25.3 Å². The van der Waals surface area contributed by atoms with E-state index in [0.717, 1.165) is 12.0 Å². The molecule has 0 atom stereocenters. The number of nitrogens with one attached hydrogen (secondary N) is 1. The summed E-state index contributed by atoms with van der Waals surface area (Å²) in [5.74, 6) is 0.752. The second kappa shape index (κ2) is 6.61. The number of anilines is 1. The predicted octanol–water partition coefficient (Wildman–Crippen LogP) is 1.50. The van der Waals surface area contributed by atoms with Gasteiger partial charge in [-0.3, -0.25) is 0 Å². The SMILES string of the molecule is CCCCS(=O)(=O)NCc1ccc(OC)c(N)c1. The maximum Gasteiger partial charge on any atom is 0.211 e. The van der Waals surface area contributed by atoms with E-state index in [1.165, 1.54) is 0 Å². The van der Waals surface area contributed by atoms with E-state index in [4.69, 9.17) is 10.5 Å². The molecule has 0 aliphatic carbocycles. The van der Waals surface area contributed by atoms with Crippen LogP contribution in [0.4, 0.5) is 5.69 Å². The van der Waals surface area contributed by atoms with E-state index in [2.05, 4.69) is 4.72 Å². The van der Waals surface area contributed by atoms with Crippen molar-refractivity contribution in [3.63, 3.8) is 0 Å². The average molecular weight is 272 g/mol. The standard InChI is InChI=1S/C12H20N2O3S/c1-3-4-7-18(15,16)14-9-10-5-6-12(17-2)11(13)8-10/h5-6,8,14H,3-4,7,9,13H2,1-2H3. The highest BCUT2D eigenvalue weighted by Gasteiger charge is 2.09. The molecule has 0 heterocycles. The van der Waals surface area contributed by atoms with Crippen LogP contribution in [0.15, 0.2) is 18.2 Å². The first kappa shape index (κ1) is 14.8. The Bertz CT molecular complexity index is 486. The van der Waals surface area contributed by atoms with E-state index in [-0.39, 0.29) is 12.3 Å². The molecule has 18 heavy (non-hydrogen) atoms. The fourth-order valence-corrected chi connectivity index (χ4v) is 2.69. The topological polar surface area (TPSA) is 81.4 Å². The Kier molecular flexibility index (Phi) is 5.43. The van der Waals surface area contributed by atoms with Crippen molar-refractivity contribution in [1.82, 2.24) is 4.72 Å². The molecule has 1 aromatic rings. The lowest BCUT2D eigenvalue weighted by Gasteiger charge is -2.09. The highest BCUT2D eigenvalue weighted by molar-refractivity contribution is 7.89. The molecule has 0 amide bonds. The summed E-state index contributed by atoms with van der Waals surface area (Å²) in [6.07, 6.45) is 1.52. The van der Waals surface area contributed by atoms with Crippen molar-refractivity contribution in [3.05, 3.63) is 23.8 Å². The summed E-state index contributed by atoms with van der Waals surface area (Å²) in [4.78, 5) is 0. The fourth-order valence-electron chi connectivity index (χ4n) is 1.49. The third-order valence-electron chi connectivity index (χ3n) is 2.56. The smallest absolute Gasteiger partial charge is 0.211 e. The fraction of sp³-hybridized carbons (Fsp3) is 0.500. The van der Waals surface area contributed by atoms with Gasteiger partial charge in [-0.1, -0.05) is 19.4 Å². The second-order valence-corrected chi connectivity index (χ2v) is 6.00. The zero-order valence-electron chi connectivity index (χ0n) is 10.8. The summed E-state index contributed by atoms with van der Waals surface area (Å²) >= 11 is 0. The minimum atomic E-state index is -3.19. The zero-order valence-corrected chi connectivity index (χ0v) is 11.6. The van der Waals surface area contributed by atoms with Crippen molar-refractivity contribution in [2.45, 2.75) is 26.3 Å². The van der Waals surface area contributed by atoms with Gasteiger partial charge in [-0.05, 0) is 24.1 Å². The van der Waals surface area contributed by atoms with Crippen molar-refractivity contribution >= 4 is 15.7 Å². The summed E-state index contributed by atoms with van der Waals surface area (Å²) in [7, 11) is -1.65. The highest BCUT2D eigenvalue weighted by Crippen LogP contribution is 2.21. The molecule has 0 spiro atoms. The summed E-state index contributed by atoms with van der Waals surface area (Å²) < 4.78 is 30.8. The van der Waals surface area contributed by atoms with Crippen LogP contribution in [0, 0.1) is 0 Å². The van der Waals surface area contributed by atoms with E-state index in [9.17, 15) is 8.42 Å². The van der Waals surface area contributed by atoms with Gasteiger partial charge in [0.15, 0.2) is 0 Å². The highest BCUT2D eigenvalue weighted by atomic mass is 32.2. The minimum Gasteiger partial charge on any atom is -0.495 e. The molecule has 102 valence electrons. The molecule has 0 aromatic heterocycles. The lowest BCUT2D eigenvalue weighted by Crippen LogP contribution is -2.25. The molecule has 1 aromatic carbocycles. The molecule has 0 aliphatic heterocycles. The molecule has 0 bridgehead atoms. The first-order valence-corrected chi connectivity index (χ1v) is 7.53. The number of sulfonamides is 1. The molecule has 0 saturated heterocycles. The van der Waals surface area contributed by atoms with Gasteiger partial charge in [-0.2, -0.15) is 0 Å². The van der Waals surface area contributed by atoms with Crippen molar-refractivity contribution < 1.29 is 13.2 Å². The molecule has 6 heteroatoms. The molecule has 3 N–H and O–H groups in total. The molecular weight excluding hydrogens is 252 g/mol. The van der Waals surface area contributed by atoms with Gasteiger partial charge >= 0.3 is 0 Å². The number of rotatable bonds is 7. The van der Waals surface area contributed by atoms with Crippen LogP contribution in [0.3, 0.4) is 0 Å². The number of hydrogen-bond acceptors (Lipinski definition) is 4. The average Bonchev–Trinajstić information content (AvgIpc) is 2.34. The third-order valence-corrected chi connectivity index (χ3v) is 3.97. The number of nitrogen functional groups attached to an aromatic ring is 1. The molecule has 5 nitrogen and oxygen atoms in total. The molecule has 0 unspecified atom stereocenters. The minimum absolute atomic E-state index is 0.162. The molecule has 0 fully saturated rings. The lowest BCUT2D eigenvalue weighted by atomic mass is 10.2. The maximum absolute atomic E-state index is 11.6.